The summed E-state index contributed by atoms with van der Waals surface area (Å²) < 4.78 is 4.81. The normalized spacial score (nSPS) is 16.1. The quantitative estimate of drug-likeness (QED) is 0.856. The maximum Gasteiger partial charge on any atom is 0.261 e. The predicted octanol–water partition coefficient (Wildman–Crippen LogP) is 1.27. The van der Waals surface area contributed by atoms with Crippen LogP contribution in [0.3, 0.4) is 0 Å². The molecular formula is C12H17NO3S2. The van der Waals surface area contributed by atoms with Crippen molar-refractivity contribution in [1.29, 1.82) is 0 Å². The summed E-state index contributed by atoms with van der Waals surface area (Å²) in [5, 5.41) is 12.2. The first-order valence-corrected chi connectivity index (χ1v) is 7.82. The van der Waals surface area contributed by atoms with Crippen molar-refractivity contribution in [2.75, 3.05) is 26.0 Å². The Morgan fingerprint density at radius 1 is 1.67 bits per heavy atom. The van der Waals surface area contributed by atoms with Gasteiger partial charge in [0.05, 0.1) is 17.6 Å². The van der Waals surface area contributed by atoms with Crippen molar-refractivity contribution < 1.29 is 14.6 Å². The highest BCUT2D eigenvalue weighted by Crippen LogP contribution is 2.31. The number of fused-ring (bicyclic) bond motifs is 1. The standard InChI is InChI=1S/C12H17NO3S2/c1-16-6-9(14)5-13-12(15)11-4-8-7-17-3-2-10(8)18-11/h4,9,14H,2-3,5-7H2,1H3,(H,13,15). The molecule has 18 heavy (non-hydrogen) atoms. The van der Waals surface area contributed by atoms with E-state index in [1.165, 1.54) is 17.6 Å². The lowest BCUT2D eigenvalue weighted by Gasteiger charge is -2.09. The zero-order chi connectivity index (χ0) is 13.0. The molecule has 1 amide bonds. The summed E-state index contributed by atoms with van der Waals surface area (Å²) in [6.07, 6.45) is 0.411. The van der Waals surface area contributed by atoms with E-state index in [4.69, 9.17) is 4.74 Å². The highest BCUT2D eigenvalue weighted by Gasteiger charge is 2.17. The van der Waals surface area contributed by atoms with Crippen LogP contribution in [0.4, 0.5) is 0 Å². The predicted molar refractivity (Wildman–Crippen MR) is 74.4 cm³/mol. The molecule has 1 aliphatic heterocycles. The van der Waals surface area contributed by atoms with Crippen molar-refractivity contribution >= 4 is 29.0 Å². The van der Waals surface area contributed by atoms with Crippen molar-refractivity contribution in [3.8, 4) is 0 Å². The molecule has 1 aliphatic rings. The van der Waals surface area contributed by atoms with Crippen LogP contribution in [0.1, 0.15) is 20.1 Å². The minimum Gasteiger partial charge on any atom is -0.389 e. The smallest absolute Gasteiger partial charge is 0.261 e. The lowest BCUT2D eigenvalue weighted by Crippen LogP contribution is -2.33. The zero-order valence-electron chi connectivity index (χ0n) is 10.3. The van der Waals surface area contributed by atoms with Gasteiger partial charge in [0, 0.05) is 24.3 Å². The second-order valence-corrected chi connectivity index (χ2v) is 6.42. The van der Waals surface area contributed by atoms with Crippen molar-refractivity contribution in [3.63, 3.8) is 0 Å². The number of aliphatic hydroxyl groups excluding tert-OH is 1. The molecule has 1 atom stereocenters. The molecule has 1 aromatic rings. The fraction of sp³-hybridized carbons (Fsp3) is 0.583. The van der Waals surface area contributed by atoms with Crippen LogP contribution >= 0.6 is 23.1 Å². The van der Waals surface area contributed by atoms with Gasteiger partial charge in [-0.3, -0.25) is 4.79 Å². The van der Waals surface area contributed by atoms with E-state index in [1.807, 2.05) is 17.8 Å². The Kier molecular flexibility index (Phi) is 5.05. The molecule has 0 radical (unpaired) electrons. The number of amides is 1. The van der Waals surface area contributed by atoms with Crippen LogP contribution < -0.4 is 5.32 Å². The maximum atomic E-state index is 11.9. The second kappa shape index (κ2) is 6.56. The van der Waals surface area contributed by atoms with Gasteiger partial charge in [0.25, 0.3) is 5.91 Å². The molecule has 0 saturated carbocycles. The van der Waals surface area contributed by atoms with Gasteiger partial charge in [-0.2, -0.15) is 11.8 Å². The third-order valence-corrected chi connectivity index (χ3v) is 4.95. The van der Waals surface area contributed by atoms with E-state index >= 15 is 0 Å². The van der Waals surface area contributed by atoms with Gasteiger partial charge in [-0.05, 0) is 23.8 Å². The van der Waals surface area contributed by atoms with E-state index < -0.39 is 6.10 Å². The molecule has 0 spiro atoms. The van der Waals surface area contributed by atoms with Gasteiger partial charge >= 0.3 is 0 Å². The number of aliphatic hydroxyl groups is 1. The molecule has 0 bridgehead atoms. The van der Waals surface area contributed by atoms with Crippen LogP contribution in [-0.2, 0) is 16.9 Å². The van der Waals surface area contributed by atoms with Crippen LogP contribution in [0.2, 0.25) is 0 Å². The highest BCUT2D eigenvalue weighted by molar-refractivity contribution is 7.98. The van der Waals surface area contributed by atoms with Crippen LogP contribution in [0.15, 0.2) is 6.07 Å². The number of hydrogen-bond donors (Lipinski definition) is 2. The summed E-state index contributed by atoms with van der Waals surface area (Å²) in [6.45, 7) is 0.460. The SMILES string of the molecule is COCC(O)CNC(=O)c1cc2c(s1)CCSC2. The topological polar surface area (TPSA) is 58.6 Å². The summed E-state index contributed by atoms with van der Waals surface area (Å²) in [5.41, 5.74) is 1.29. The van der Waals surface area contributed by atoms with Crippen molar-refractivity contribution in [1.82, 2.24) is 5.32 Å². The Hall–Kier alpha value is -0.560. The molecule has 0 aromatic carbocycles. The van der Waals surface area contributed by atoms with Gasteiger partial charge in [-0.1, -0.05) is 0 Å². The Morgan fingerprint density at radius 2 is 2.50 bits per heavy atom. The molecule has 2 N–H and O–H groups in total. The molecule has 100 valence electrons. The lowest BCUT2D eigenvalue weighted by atomic mass is 10.2. The van der Waals surface area contributed by atoms with Crippen LogP contribution in [0.5, 0.6) is 0 Å². The molecule has 2 heterocycles. The summed E-state index contributed by atoms with van der Waals surface area (Å²) in [5.74, 6) is 2.04. The summed E-state index contributed by atoms with van der Waals surface area (Å²) >= 11 is 3.48. The third-order valence-electron chi connectivity index (χ3n) is 2.71. The number of nitrogens with one attached hydrogen (secondary N) is 1. The Labute approximate surface area is 115 Å². The van der Waals surface area contributed by atoms with Crippen molar-refractivity contribution in [2.45, 2.75) is 18.3 Å². The summed E-state index contributed by atoms with van der Waals surface area (Å²) in [7, 11) is 1.52. The van der Waals surface area contributed by atoms with E-state index in [-0.39, 0.29) is 19.1 Å². The van der Waals surface area contributed by atoms with Crippen LogP contribution in [-0.4, -0.2) is 43.1 Å². The third kappa shape index (κ3) is 3.47. The number of methoxy groups -OCH3 is 1. The number of hydrogen-bond acceptors (Lipinski definition) is 5. The van der Waals surface area contributed by atoms with Crippen molar-refractivity contribution in [3.05, 3.63) is 21.4 Å². The molecule has 4 nitrogen and oxygen atoms in total. The summed E-state index contributed by atoms with van der Waals surface area (Å²) in [4.78, 5) is 14.0. The molecule has 6 heteroatoms. The molecule has 0 fully saturated rings. The lowest BCUT2D eigenvalue weighted by molar-refractivity contribution is 0.0611. The molecule has 0 aliphatic carbocycles. The fourth-order valence-corrected chi connectivity index (χ4v) is 4.10. The van der Waals surface area contributed by atoms with E-state index in [0.29, 0.717) is 0 Å². The molecule has 0 saturated heterocycles. The van der Waals surface area contributed by atoms with E-state index in [2.05, 4.69) is 5.32 Å². The Balaban J connectivity index is 1.90. The number of carbonyl (C=O) groups excluding carboxylic acids is 1. The van der Waals surface area contributed by atoms with Gasteiger partial charge in [-0.15, -0.1) is 11.3 Å². The number of thioether (sulfide) groups is 1. The molecule has 2 rings (SSSR count). The van der Waals surface area contributed by atoms with Gasteiger partial charge in [-0.25, -0.2) is 0 Å². The number of thiophene rings is 1. The van der Waals surface area contributed by atoms with E-state index in [1.54, 1.807) is 11.3 Å². The first kappa shape index (κ1) is 13.9. The van der Waals surface area contributed by atoms with Crippen LogP contribution in [0.25, 0.3) is 0 Å². The minimum absolute atomic E-state index is 0.102. The van der Waals surface area contributed by atoms with Gasteiger partial charge < -0.3 is 15.2 Å². The minimum atomic E-state index is -0.649. The number of carbonyl (C=O) groups is 1. The van der Waals surface area contributed by atoms with Gasteiger partial charge in [0.1, 0.15) is 0 Å². The summed E-state index contributed by atoms with van der Waals surface area (Å²) in [6, 6.07) is 1.98. The highest BCUT2D eigenvalue weighted by atomic mass is 32.2. The van der Waals surface area contributed by atoms with Gasteiger partial charge in [0.15, 0.2) is 0 Å². The van der Waals surface area contributed by atoms with E-state index in [0.717, 1.165) is 22.8 Å². The second-order valence-electron chi connectivity index (χ2n) is 4.18. The average molecular weight is 287 g/mol. The molecule has 1 aromatic heterocycles. The number of aryl methyl sites for hydroxylation is 1. The largest absolute Gasteiger partial charge is 0.389 e. The zero-order valence-corrected chi connectivity index (χ0v) is 11.9. The van der Waals surface area contributed by atoms with Gasteiger partial charge in [0.2, 0.25) is 0 Å². The number of rotatable bonds is 5. The molecule has 1 unspecified atom stereocenters. The molecular weight excluding hydrogens is 270 g/mol. The Morgan fingerprint density at radius 3 is 3.22 bits per heavy atom. The first-order valence-electron chi connectivity index (χ1n) is 5.85. The van der Waals surface area contributed by atoms with Crippen LogP contribution in [0, 0.1) is 0 Å². The average Bonchev–Trinajstić information content (AvgIpc) is 2.80. The number of ether oxygens (including phenoxy) is 1. The first-order chi connectivity index (χ1) is 8.70. The monoisotopic (exact) mass is 287 g/mol. The van der Waals surface area contributed by atoms with Crippen molar-refractivity contribution in [2.24, 2.45) is 0 Å². The van der Waals surface area contributed by atoms with E-state index in [9.17, 15) is 9.90 Å². The fourth-order valence-electron chi connectivity index (χ4n) is 1.81. The maximum absolute atomic E-state index is 11.9. The Bertz CT molecular complexity index is 396.